The van der Waals surface area contributed by atoms with Crippen LogP contribution in [0.4, 0.5) is 0 Å². The van der Waals surface area contributed by atoms with Gasteiger partial charge in [0.1, 0.15) is 11.5 Å². The molecule has 2 rings (SSSR count). The molecule has 0 saturated heterocycles. The predicted molar refractivity (Wildman–Crippen MR) is 82.9 cm³/mol. The van der Waals surface area contributed by atoms with Gasteiger partial charge in [-0.15, -0.1) is 0 Å². The number of nitrogens with zero attached hydrogens (tertiary/aromatic N) is 2. The third-order valence-electron chi connectivity index (χ3n) is 3.39. The zero-order valence-electron chi connectivity index (χ0n) is 12.7. The van der Waals surface area contributed by atoms with Gasteiger partial charge in [0.15, 0.2) is 0 Å². The van der Waals surface area contributed by atoms with Crippen LogP contribution in [0, 0.1) is 0 Å². The van der Waals surface area contributed by atoms with E-state index in [1.165, 1.54) is 4.57 Å². The molecule has 0 aliphatic heterocycles. The third kappa shape index (κ3) is 3.92. The molecule has 23 heavy (non-hydrogen) atoms. The van der Waals surface area contributed by atoms with Crippen LogP contribution in [0.1, 0.15) is 41.8 Å². The van der Waals surface area contributed by atoms with Gasteiger partial charge in [-0.3, -0.25) is 0 Å². The fraction of sp³-hybridized carbons (Fsp3) is 0.312. The van der Waals surface area contributed by atoms with Crippen LogP contribution in [0.5, 0.6) is 0 Å². The number of rotatable bonds is 6. The summed E-state index contributed by atoms with van der Waals surface area (Å²) in [6.07, 6.45) is 1.44. The minimum Gasteiger partial charge on any atom is -0.548 e. The Kier molecular flexibility index (Phi) is 4.79. The molecule has 0 aliphatic carbocycles. The standard InChI is InChI=1S/C16H18N2O4S/c1-16(2,23)13(15(21)22)18-9-11(14(19)20)17-12(18)8-10-6-4-3-5-7-10/h3-7,9,13,23H,8H2,1-2H3,(H,19,20)(H,21,22)/p-2. The number of benzene rings is 1. The van der Waals surface area contributed by atoms with Crippen molar-refractivity contribution < 1.29 is 19.8 Å². The summed E-state index contributed by atoms with van der Waals surface area (Å²) in [5.41, 5.74) is 0.554. The van der Waals surface area contributed by atoms with Crippen LogP contribution in [0.25, 0.3) is 0 Å². The lowest BCUT2D eigenvalue weighted by molar-refractivity contribution is -0.311. The maximum Gasteiger partial charge on any atom is 0.114 e. The van der Waals surface area contributed by atoms with Crippen LogP contribution in [0.3, 0.4) is 0 Å². The molecule has 0 saturated carbocycles. The Morgan fingerprint density at radius 1 is 1.26 bits per heavy atom. The average molecular weight is 332 g/mol. The van der Waals surface area contributed by atoms with E-state index in [-0.39, 0.29) is 12.1 Å². The number of carboxylic acid groups (broad SMARTS) is 2. The molecule has 1 atom stereocenters. The maximum atomic E-state index is 11.6. The molecule has 0 radical (unpaired) electrons. The number of carboxylic acids is 2. The third-order valence-corrected chi connectivity index (χ3v) is 3.64. The number of aliphatic carboxylic acids is 1. The Morgan fingerprint density at radius 3 is 2.35 bits per heavy atom. The molecule has 0 spiro atoms. The van der Waals surface area contributed by atoms with Crippen molar-refractivity contribution in [1.29, 1.82) is 0 Å². The molecule has 0 amide bonds. The summed E-state index contributed by atoms with van der Waals surface area (Å²) in [5.74, 6) is -2.53. The highest BCUT2D eigenvalue weighted by Crippen LogP contribution is 2.30. The largest absolute Gasteiger partial charge is 0.548 e. The highest BCUT2D eigenvalue weighted by atomic mass is 32.1. The SMILES string of the molecule is CC(C)(S)C(C(=O)[O-])n1cc(C(=O)[O-])nc1Cc1ccccc1. The highest BCUT2D eigenvalue weighted by molar-refractivity contribution is 7.81. The van der Waals surface area contributed by atoms with E-state index in [1.54, 1.807) is 13.8 Å². The van der Waals surface area contributed by atoms with E-state index in [4.69, 9.17) is 0 Å². The van der Waals surface area contributed by atoms with Gasteiger partial charge < -0.3 is 24.4 Å². The van der Waals surface area contributed by atoms with Crippen molar-refractivity contribution in [2.45, 2.75) is 31.1 Å². The summed E-state index contributed by atoms with van der Waals surface area (Å²) in [6.45, 7) is 3.23. The number of thiol groups is 1. The summed E-state index contributed by atoms with van der Waals surface area (Å²) in [7, 11) is 0. The molecule has 0 aliphatic rings. The normalized spacial score (nSPS) is 12.8. The molecule has 1 aromatic heterocycles. The van der Waals surface area contributed by atoms with E-state index < -0.39 is 22.7 Å². The Hall–Kier alpha value is -2.28. The first kappa shape index (κ1) is 17.1. The number of hydrogen-bond donors (Lipinski definition) is 1. The average Bonchev–Trinajstić information content (AvgIpc) is 2.82. The molecule has 0 fully saturated rings. The van der Waals surface area contributed by atoms with Crippen molar-refractivity contribution >= 4 is 24.6 Å². The van der Waals surface area contributed by atoms with Crippen molar-refractivity contribution in [3.05, 3.63) is 53.6 Å². The molecular formula is C16H16N2O4S-2. The van der Waals surface area contributed by atoms with E-state index in [9.17, 15) is 19.8 Å². The molecule has 1 unspecified atom stereocenters. The first-order valence-corrected chi connectivity index (χ1v) is 7.41. The zero-order valence-corrected chi connectivity index (χ0v) is 13.6. The Bertz CT molecular complexity index is 719. The number of hydrogen-bond acceptors (Lipinski definition) is 6. The minimum absolute atomic E-state index is 0.280. The van der Waals surface area contributed by atoms with E-state index >= 15 is 0 Å². The van der Waals surface area contributed by atoms with Crippen LogP contribution in [0.2, 0.25) is 0 Å². The number of aromatic carboxylic acids is 1. The van der Waals surface area contributed by atoms with Crippen LogP contribution in [-0.2, 0) is 11.2 Å². The topological polar surface area (TPSA) is 98.1 Å². The molecular weight excluding hydrogens is 316 g/mol. The smallest absolute Gasteiger partial charge is 0.114 e. The van der Waals surface area contributed by atoms with Crippen LogP contribution in [0.15, 0.2) is 36.5 Å². The van der Waals surface area contributed by atoms with Crippen molar-refractivity contribution in [2.75, 3.05) is 0 Å². The van der Waals surface area contributed by atoms with Gasteiger partial charge in [0.2, 0.25) is 0 Å². The second-order valence-electron chi connectivity index (χ2n) is 5.77. The minimum atomic E-state index is -1.47. The molecule has 0 bridgehead atoms. The lowest BCUT2D eigenvalue weighted by Crippen LogP contribution is -2.43. The summed E-state index contributed by atoms with van der Waals surface area (Å²) in [6, 6.07) is 8.03. The van der Waals surface area contributed by atoms with Crippen LogP contribution < -0.4 is 10.2 Å². The van der Waals surface area contributed by atoms with E-state index in [1.807, 2.05) is 30.3 Å². The second kappa shape index (κ2) is 6.45. The van der Waals surface area contributed by atoms with Gasteiger partial charge in [-0.2, -0.15) is 12.6 Å². The van der Waals surface area contributed by atoms with Crippen molar-refractivity contribution in [1.82, 2.24) is 9.55 Å². The number of carbonyl (C=O) groups is 2. The van der Waals surface area contributed by atoms with Crippen molar-refractivity contribution in [3.8, 4) is 0 Å². The first-order valence-electron chi connectivity index (χ1n) is 6.96. The monoisotopic (exact) mass is 332 g/mol. The predicted octanol–water partition coefficient (Wildman–Crippen LogP) is -0.163. The van der Waals surface area contributed by atoms with Gasteiger partial charge in [0, 0.05) is 17.4 Å². The fourth-order valence-corrected chi connectivity index (χ4v) is 2.64. The van der Waals surface area contributed by atoms with Crippen LogP contribution in [-0.4, -0.2) is 26.2 Å². The molecule has 7 heteroatoms. The van der Waals surface area contributed by atoms with Gasteiger partial charge in [-0.1, -0.05) is 30.3 Å². The molecule has 122 valence electrons. The summed E-state index contributed by atoms with van der Waals surface area (Å²) in [4.78, 5) is 26.6. The number of aromatic nitrogens is 2. The first-order chi connectivity index (χ1) is 10.7. The Morgan fingerprint density at radius 2 is 1.87 bits per heavy atom. The molecule has 1 heterocycles. The van der Waals surface area contributed by atoms with Gasteiger partial charge in [-0.05, 0) is 19.4 Å². The van der Waals surface area contributed by atoms with Gasteiger partial charge in [-0.25, -0.2) is 4.98 Å². The van der Waals surface area contributed by atoms with E-state index in [0.29, 0.717) is 5.82 Å². The van der Waals surface area contributed by atoms with Gasteiger partial charge >= 0.3 is 0 Å². The summed E-state index contributed by atoms with van der Waals surface area (Å²) >= 11 is 4.30. The number of imidazole rings is 1. The molecule has 1 aromatic carbocycles. The molecule has 2 aromatic rings. The summed E-state index contributed by atoms with van der Waals surface area (Å²) in [5, 5.41) is 22.7. The lowest BCUT2D eigenvalue weighted by Gasteiger charge is -2.32. The van der Waals surface area contributed by atoms with Crippen molar-refractivity contribution in [3.63, 3.8) is 0 Å². The molecule has 6 nitrogen and oxygen atoms in total. The highest BCUT2D eigenvalue weighted by Gasteiger charge is 2.30. The zero-order chi connectivity index (χ0) is 17.2. The number of carbonyl (C=O) groups excluding carboxylic acids is 2. The lowest BCUT2D eigenvalue weighted by atomic mass is 10.0. The quantitative estimate of drug-likeness (QED) is 0.741. The second-order valence-corrected chi connectivity index (χ2v) is 6.93. The van der Waals surface area contributed by atoms with Crippen molar-refractivity contribution in [2.24, 2.45) is 0 Å². The van der Waals surface area contributed by atoms with Crippen LogP contribution >= 0.6 is 12.6 Å². The maximum absolute atomic E-state index is 11.6. The Labute approximate surface area is 139 Å². The van der Waals surface area contributed by atoms with E-state index in [2.05, 4.69) is 17.6 Å². The van der Waals surface area contributed by atoms with Gasteiger partial charge in [0.05, 0.1) is 18.0 Å². The summed E-state index contributed by atoms with van der Waals surface area (Å²) < 4.78 is 0.314. The van der Waals surface area contributed by atoms with E-state index in [0.717, 1.165) is 11.8 Å². The fourth-order valence-electron chi connectivity index (χ4n) is 2.41. The Balaban J connectivity index is 2.52. The molecule has 0 N–H and O–H groups in total. The van der Waals surface area contributed by atoms with Gasteiger partial charge in [0.25, 0.3) is 0 Å².